The van der Waals surface area contributed by atoms with Crippen LogP contribution in [0.4, 0.5) is 0 Å². The van der Waals surface area contributed by atoms with Crippen LogP contribution >= 0.6 is 11.6 Å². The van der Waals surface area contributed by atoms with Crippen molar-refractivity contribution in [3.63, 3.8) is 0 Å². The van der Waals surface area contributed by atoms with Crippen LogP contribution in [0.25, 0.3) is 11.1 Å². The van der Waals surface area contributed by atoms with Crippen LogP contribution in [-0.2, 0) is 23.0 Å². The van der Waals surface area contributed by atoms with Gasteiger partial charge in [0, 0.05) is 42.5 Å². The molecule has 1 aliphatic rings. The number of hydrogen-bond acceptors (Lipinski definition) is 4. The maximum atomic E-state index is 12.8. The van der Waals surface area contributed by atoms with Gasteiger partial charge in [-0.25, -0.2) is 0 Å². The molecule has 1 saturated heterocycles. The van der Waals surface area contributed by atoms with E-state index in [-0.39, 0.29) is 12.0 Å². The first kappa shape index (κ1) is 20.6. The Morgan fingerprint density at radius 3 is 2.90 bits per heavy atom. The monoisotopic (exact) mass is 424 g/mol. The number of carbonyl (C=O) groups excluding carboxylic acids is 1. The summed E-state index contributed by atoms with van der Waals surface area (Å²) in [7, 11) is 1.90. The van der Waals surface area contributed by atoms with Crippen molar-refractivity contribution in [2.24, 2.45) is 7.05 Å². The van der Waals surface area contributed by atoms with Crippen molar-refractivity contribution < 1.29 is 9.53 Å². The molecule has 30 heavy (non-hydrogen) atoms. The number of nitrogens with zero attached hydrogens (tertiary/aromatic N) is 4. The smallest absolute Gasteiger partial charge is 0.223 e. The number of rotatable bonds is 5. The van der Waals surface area contributed by atoms with Gasteiger partial charge in [-0.05, 0) is 48.7 Å². The zero-order chi connectivity index (χ0) is 21.1. The predicted octanol–water partition coefficient (Wildman–Crippen LogP) is 3.98. The van der Waals surface area contributed by atoms with Crippen LogP contribution < -0.4 is 0 Å². The van der Waals surface area contributed by atoms with E-state index >= 15 is 0 Å². The number of amides is 1. The summed E-state index contributed by atoms with van der Waals surface area (Å²) in [6.45, 7) is 3.59. The van der Waals surface area contributed by atoms with E-state index in [4.69, 9.17) is 16.3 Å². The number of benzene rings is 1. The molecule has 1 atom stereocenters. The van der Waals surface area contributed by atoms with Gasteiger partial charge in [-0.1, -0.05) is 23.7 Å². The molecule has 0 bridgehead atoms. The standard InChI is InChI=1S/C23H25ClN4O2/c1-16-10-18(19-13-25-27(2)14-19)12-21(26-16)22-15-28(8-9-30-22)23(29)7-6-17-4-3-5-20(24)11-17/h3-5,10-14,22H,6-9,15H2,1-2H3. The second-order valence-electron chi connectivity index (χ2n) is 7.65. The van der Waals surface area contributed by atoms with Crippen LogP contribution in [0.15, 0.2) is 48.8 Å². The van der Waals surface area contributed by atoms with Gasteiger partial charge in [0.15, 0.2) is 0 Å². The lowest BCUT2D eigenvalue weighted by molar-refractivity contribution is -0.139. The van der Waals surface area contributed by atoms with Crippen LogP contribution in [0.3, 0.4) is 0 Å². The summed E-state index contributed by atoms with van der Waals surface area (Å²) in [5, 5.41) is 4.95. The van der Waals surface area contributed by atoms with Crippen molar-refractivity contribution in [2.45, 2.75) is 25.9 Å². The SMILES string of the molecule is Cc1cc(-c2cnn(C)c2)cc(C2CN(C(=O)CCc3cccc(Cl)c3)CCO2)n1. The van der Waals surface area contributed by atoms with E-state index in [1.54, 1.807) is 4.68 Å². The molecule has 0 spiro atoms. The van der Waals surface area contributed by atoms with E-state index in [2.05, 4.69) is 10.1 Å². The van der Waals surface area contributed by atoms with Crippen molar-refractivity contribution in [3.8, 4) is 11.1 Å². The summed E-state index contributed by atoms with van der Waals surface area (Å²) in [5.74, 6) is 0.128. The topological polar surface area (TPSA) is 60.2 Å². The number of morpholine rings is 1. The highest BCUT2D eigenvalue weighted by Gasteiger charge is 2.26. The first-order chi connectivity index (χ1) is 14.5. The summed E-state index contributed by atoms with van der Waals surface area (Å²) < 4.78 is 7.76. The molecular weight excluding hydrogens is 400 g/mol. The van der Waals surface area contributed by atoms with Gasteiger partial charge in [0.25, 0.3) is 0 Å². The molecule has 2 aromatic heterocycles. The lowest BCUT2D eigenvalue weighted by atomic mass is 10.1. The lowest BCUT2D eigenvalue weighted by Gasteiger charge is -2.33. The van der Waals surface area contributed by atoms with E-state index in [1.807, 2.05) is 67.7 Å². The van der Waals surface area contributed by atoms with Crippen molar-refractivity contribution in [3.05, 3.63) is 70.8 Å². The van der Waals surface area contributed by atoms with E-state index in [0.29, 0.717) is 37.6 Å². The van der Waals surface area contributed by atoms with Gasteiger partial charge in [-0.2, -0.15) is 5.10 Å². The van der Waals surface area contributed by atoms with Crippen LogP contribution in [0.1, 0.15) is 29.5 Å². The fourth-order valence-corrected chi connectivity index (χ4v) is 3.97. The summed E-state index contributed by atoms with van der Waals surface area (Å²) in [6, 6.07) is 11.7. The lowest BCUT2D eigenvalue weighted by Crippen LogP contribution is -2.42. The Balaban J connectivity index is 1.44. The quantitative estimate of drug-likeness (QED) is 0.621. The van der Waals surface area contributed by atoms with Crippen LogP contribution in [0.2, 0.25) is 5.02 Å². The number of hydrogen-bond donors (Lipinski definition) is 0. The molecule has 1 fully saturated rings. The Labute approximate surface area is 181 Å². The van der Waals surface area contributed by atoms with Gasteiger partial charge in [-0.15, -0.1) is 0 Å². The Kier molecular flexibility index (Phi) is 6.16. The molecule has 156 valence electrons. The van der Waals surface area contributed by atoms with E-state index in [0.717, 1.165) is 28.1 Å². The van der Waals surface area contributed by atoms with Gasteiger partial charge in [0.2, 0.25) is 5.91 Å². The molecule has 1 aromatic carbocycles. The Hall–Kier alpha value is -2.70. The van der Waals surface area contributed by atoms with Crippen LogP contribution in [0.5, 0.6) is 0 Å². The molecular formula is C23H25ClN4O2. The number of pyridine rings is 1. The molecule has 6 nitrogen and oxygen atoms in total. The Bertz CT molecular complexity index is 1050. The summed E-state index contributed by atoms with van der Waals surface area (Å²) >= 11 is 6.04. The highest BCUT2D eigenvalue weighted by molar-refractivity contribution is 6.30. The van der Waals surface area contributed by atoms with Crippen molar-refractivity contribution >= 4 is 17.5 Å². The van der Waals surface area contributed by atoms with Crippen molar-refractivity contribution in [2.75, 3.05) is 19.7 Å². The fraction of sp³-hybridized carbons (Fsp3) is 0.348. The minimum Gasteiger partial charge on any atom is -0.368 e. The molecule has 0 aliphatic carbocycles. The molecule has 3 aromatic rings. The maximum Gasteiger partial charge on any atom is 0.223 e. The Morgan fingerprint density at radius 1 is 1.27 bits per heavy atom. The zero-order valence-electron chi connectivity index (χ0n) is 17.2. The average molecular weight is 425 g/mol. The van der Waals surface area contributed by atoms with Crippen molar-refractivity contribution in [1.29, 1.82) is 0 Å². The highest BCUT2D eigenvalue weighted by Crippen LogP contribution is 2.27. The van der Waals surface area contributed by atoms with E-state index in [9.17, 15) is 4.79 Å². The second kappa shape index (κ2) is 8.98. The minimum absolute atomic E-state index is 0.128. The third-order valence-electron chi connectivity index (χ3n) is 5.28. The van der Waals surface area contributed by atoms with Crippen LogP contribution in [0, 0.1) is 6.92 Å². The van der Waals surface area contributed by atoms with Crippen LogP contribution in [-0.4, -0.2) is 45.3 Å². The Morgan fingerprint density at radius 2 is 2.13 bits per heavy atom. The molecule has 3 heterocycles. The summed E-state index contributed by atoms with van der Waals surface area (Å²) in [5.41, 5.74) is 4.93. The highest BCUT2D eigenvalue weighted by atomic mass is 35.5. The van der Waals surface area contributed by atoms with Gasteiger partial charge >= 0.3 is 0 Å². The first-order valence-electron chi connectivity index (χ1n) is 10.1. The molecule has 7 heteroatoms. The van der Waals surface area contributed by atoms with Crippen molar-refractivity contribution in [1.82, 2.24) is 19.7 Å². The average Bonchev–Trinajstić information content (AvgIpc) is 3.18. The second-order valence-corrected chi connectivity index (χ2v) is 8.09. The third-order valence-corrected chi connectivity index (χ3v) is 5.51. The molecule has 1 aliphatic heterocycles. The third kappa shape index (κ3) is 4.89. The normalized spacial score (nSPS) is 16.6. The van der Waals surface area contributed by atoms with Gasteiger partial charge in [0.05, 0.1) is 25.0 Å². The van der Waals surface area contributed by atoms with Gasteiger partial charge < -0.3 is 9.64 Å². The largest absolute Gasteiger partial charge is 0.368 e. The molecule has 0 N–H and O–H groups in total. The predicted molar refractivity (Wildman–Crippen MR) is 116 cm³/mol. The number of carbonyl (C=O) groups is 1. The molecule has 1 unspecified atom stereocenters. The number of aromatic nitrogens is 3. The molecule has 0 radical (unpaired) electrons. The first-order valence-corrected chi connectivity index (χ1v) is 10.5. The zero-order valence-corrected chi connectivity index (χ0v) is 18.0. The molecule has 0 saturated carbocycles. The number of aryl methyl sites for hydroxylation is 3. The molecule has 4 rings (SSSR count). The van der Waals surface area contributed by atoms with E-state index < -0.39 is 0 Å². The minimum atomic E-state index is -0.232. The summed E-state index contributed by atoms with van der Waals surface area (Å²) in [4.78, 5) is 19.4. The van der Waals surface area contributed by atoms with Gasteiger partial charge in [-0.3, -0.25) is 14.5 Å². The summed E-state index contributed by atoms with van der Waals surface area (Å²) in [6.07, 6.45) is 4.71. The maximum absolute atomic E-state index is 12.8. The van der Waals surface area contributed by atoms with E-state index in [1.165, 1.54) is 0 Å². The molecule has 1 amide bonds. The van der Waals surface area contributed by atoms with Gasteiger partial charge in [0.1, 0.15) is 6.10 Å². The fourth-order valence-electron chi connectivity index (χ4n) is 3.75. The number of halogens is 1. The number of ether oxygens (including phenoxy) is 1.